The summed E-state index contributed by atoms with van der Waals surface area (Å²) in [6.45, 7) is 4.20. The van der Waals surface area contributed by atoms with Gasteiger partial charge in [0.25, 0.3) is 0 Å². The number of aromatic nitrogens is 2. The van der Waals surface area contributed by atoms with Crippen LogP contribution < -0.4 is 10.1 Å². The Bertz CT molecular complexity index is 534. The lowest BCUT2D eigenvalue weighted by atomic mass is 10.1. The van der Waals surface area contributed by atoms with Crippen molar-refractivity contribution in [1.29, 1.82) is 0 Å². The Balaban J connectivity index is 2.14. The zero-order valence-corrected chi connectivity index (χ0v) is 11.3. The van der Waals surface area contributed by atoms with E-state index in [4.69, 9.17) is 4.74 Å². The van der Waals surface area contributed by atoms with Crippen molar-refractivity contribution in [2.75, 3.05) is 12.4 Å². The van der Waals surface area contributed by atoms with Crippen LogP contribution in [0.1, 0.15) is 24.1 Å². The smallest absolute Gasteiger partial charge is 0.119 e. The van der Waals surface area contributed by atoms with Gasteiger partial charge < -0.3 is 10.1 Å². The maximum absolute atomic E-state index is 5.20. The molecule has 0 radical (unpaired) electrons. The summed E-state index contributed by atoms with van der Waals surface area (Å²) in [6, 6.07) is 6.26. The molecular formula is C14H19N3O. The second kappa shape index (κ2) is 5.12. The molecule has 2 aromatic rings. The Labute approximate surface area is 108 Å². The number of methoxy groups -OCH3 is 1. The summed E-state index contributed by atoms with van der Waals surface area (Å²) in [5, 5.41) is 7.67. The fourth-order valence-electron chi connectivity index (χ4n) is 1.91. The molecule has 1 heterocycles. The van der Waals surface area contributed by atoms with Gasteiger partial charge in [-0.2, -0.15) is 5.10 Å². The lowest BCUT2D eigenvalue weighted by molar-refractivity contribution is 0.414. The van der Waals surface area contributed by atoms with Crippen LogP contribution in [0.25, 0.3) is 0 Å². The molecule has 96 valence electrons. The van der Waals surface area contributed by atoms with Crippen molar-refractivity contribution in [3.8, 4) is 5.75 Å². The second-order valence-electron chi connectivity index (χ2n) is 4.49. The van der Waals surface area contributed by atoms with Crippen molar-refractivity contribution in [3.63, 3.8) is 0 Å². The van der Waals surface area contributed by atoms with Crippen molar-refractivity contribution in [3.05, 3.63) is 41.7 Å². The molecule has 4 heteroatoms. The van der Waals surface area contributed by atoms with Crippen molar-refractivity contribution < 1.29 is 4.74 Å². The standard InChI is InChI=1S/C14H19N3O/c1-10-7-13(18-4)5-6-14(10)16-11(2)12-8-15-17(3)9-12/h5-9,11,16H,1-4H3. The quantitative estimate of drug-likeness (QED) is 0.900. The summed E-state index contributed by atoms with van der Waals surface area (Å²) >= 11 is 0. The van der Waals surface area contributed by atoms with Gasteiger partial charge >= 0.3 is 0 Å². The minimum Gasteiger partial charge on any atom is -0.497 e. The Morgan fingerprint density at radius 3 is 2.72 bits per heavy atom. The zero-order valence-electron chi connectivity index (χ0n) is 11.3. The van der Waals surface area contributed by atoms with Crippen LogP contribution >= 0.6 is 0 Å². The van der Waals surface area contributed by atoms with Gasteiger partial charge in [-0.25, -0.2) is 0 Å². The molecule has 0 saturated heterocycles. The maximum atomic E-state index is 5.20. The van der Waals surface area contributed by atoms with E-state index in [1.54, 1.807) is 7.11 Å². The molecule has 0 saturated carbocycles. The number of benzene rings is 1. The fourth-order valence-corrected chi connectivity index (χ4v) is 1.91. The van der Waals surface area contributed by atoms with Gasteiger partial charge in [0.2, 0.25) is 0 Å². The van der Waals surface area contributed by atoms with Crippen LogP contribution in [0.15, 0.2) is 30.6 Å². The molecule has 0 amide bonds. The van der Waals surface area contributed by atoms with Gasteiger partial charge in [0.15, 0.2) is 0 Å². The van der Waals surface area contributed by atoms with Gasteiger partial charge in [0, 0.05) is 24.5 Å². The molecule has 1 aromatic carbocycles. The lowest BCUT2D eigenvalue weighted by Gasteiger charge is -2.16. The molecule has 0 aliphatic rings. The van der Waals surface area contributed by atoms with E-state index in [9.17, 15) is 0 Å². The molecule has 0 spiro atoms. The number of anilines is 1. The molecule has 1 atom stereocenters. The third-order valence-corrected chi connectivity index (χ3v) is 3.03. The van der Waals surface area contributed by atoms with E-state index in [1.165, 1.54) is 11.1 Å². The number of nitrogens with zero attached hydrogens (tertiary/aromatic N) is 2. The van der Waals surface area contributed by atoms with Crippen LogP contribution in [0.4, 0.5) is 5.69 Å². The number of aryl methyl sites for hydroxylation is 2. The first kappa shape index (κ1) is 12.5. The summed E-state index contributed by atoms with van der Waals surface area (Å²) in [4.78, 5) is 0. The van der Waals surface area contributed by atoms with Crippen LogP contribution in [0.2, 0.25) is 0 Å². The van der Waals surface area contributed by atoms with Gasteiger partial charge in [-0.05, 0) is 37.6 Å². The van der Waals surface area contributed by atoms with Crippen molar-refractivity contribution >= 4 is 5.69 Å². The fraction of sp³-hybridized carbons (Fsp3) is 0.357. The first-order valence-electron chi connectivity index (χ1n) is 6.00. The van der Waals surface area contributed by atoms with Crippen molar-refractivity contribution in [2.45, 2.75) is 19.9 Å². The topological polar surface area (TPSA) is 39.1 Å². The molecule has 1 unspecified atom stereocenters. The predicted octanol–water partition coefficient (Wildman–Crippen LogP) is 2.91. The van der Waals surface area contributed by atoms with Gasteiger partial charge in [-0.15, -0.1) is 0 Å². The normalized spacial score (nSPS) is 12.2. The maximum Gasteiger partial charge on any atom is 0.119 e. The summed E-state index contributed by atoms with van der Waals surface area (Å²) in [6.07, 6.45) is 3.91. The molecule has 0 aliphatic heterocycles. The van der Waals surface area contributed by atoms with Crippen LogP contribution in [-0.4, -0.2) is 16.9 Å². The third-order valence-electron chi connectivity index (χ3n) is 3.03. The number of nitrogens with one attached hydrogen (secondary N) is 1. The Morgan fingerprint density at radius 1 is 1.39 bits per heavy atom. The highest BCUT2D eigenvalue weighted by atomic mass is 16.5. The first-order chi connectivity index (χ1) is 8.60. The van der Waals surface area contributed by atoms with Gasteiger partial charge in [-0.3, -0.25) is 4.68 Å². The van der Waals surface area contributed by atoms with E-state index in [2.05, 4.69) is 24.3 Å². The summed E-state index contributed by atoms with van der Waals surface area (Å²) < 4.78 is 7.02. The molecular weight excluding hydrogens is 226 g/mol. The Kier molecular flexibility index (Phi) is 3.55. The van der Waals surface area contributed by atoms with Crippen LogP contribution in [-0.2, 0) is 7.05 Å². The molecule has 0 aliphatic carbocycles. The molecule has 0 bridgehead atoms. The average molecular weight is 245 g/mol. The number of hydrogen-bond donors (Lipinski definition) is 1. The van der Waals surface area contributed by atoms with E-state index in [-0.39, 0.29) is 6.04 Å². The van der Waals surface area contributed by atoms with E-state index < -0.39 is 0 Å². The minimum absolute atomic E-state index is 0.228. The molecule has 0 fully saturated rings. The summed E-state index contributed by atoms with van der Waals surface area (Å²) in [5.74, 6) is 0.882. The van der Waals surface area contributed by atoms with E-state index >= 15 is 0 Å². The number of ether oxygens (including phenoxy) is 1. The second-order valence-corrected chi connectivity index (χ2v) is 4.49. The van der Waals surface area contributed by atoms with Crippen LogP contribution in [0.5, 0.6) is 5.75 Å². The molecule has 4 nitrogen and oxygen atoms in total. The van der Waals surface area contributed by atoms with Gasteiger partial charge in [-0.1, -0.05) is 0 Å². The largest absolute Gasteiger partial charge is 0.497 e. The van der Waals surface area contributed by atoms with Crippen molar-refractivity contribution in [1.82, 2.24) is 9.78 Å². The van der Waals surface area contributed by atoms with Crippen LogP contribution in [0.3, 0.4) is 0 Å². The highest BCUT2D eigenvalue weighted by Crippen LogP contribution is 2.25. The average Bonchev–Trinajstić information content (AvgIpc) is 2.78. The molecule has 18 heavy (non-hydrogen) atoms. The third kappa shape index (κ3) is 2.64. The lowest BCUT2D eigenvalue weighted by Crippen LogP contribution is -2.07. The monoisotopic (exact) mass is 245 g/mol. The summed E-state index contributed by atoms with van der Waals surface area (Å²) in [7, 11) is 3.61. The predicted molar refractivity (Wildman–Crippen MR) is 73.0 cm³/mol. The highest BCUT2D eigenvalue weighted by molar-refractivity contribution is 5.54. The first-order valence-corrected chi connectivity index (χ1v) is 6.00. The van der Waals surface area contributed by atoms with Crippen molar-refractivity contribution in [2.24, 2.45) is 7.05 Å². The van der Waals surface area contributed by atoms with E-state index in [1.807, 2.05) is 42.3 Å². The summed E-state index contributed by atoms with van der Waals surface area (Å²) in [5.41, 5.74) is 3.46. The van der Waals surface area contributed by atoms with E-state index in [0.717, 1.165) is 11.4 Å². The van der Waals surface area contributed by atoms with Gasteiger partial charge in [0.1, 0.15) is 5.75 Å². The van der Waals surface area contributed by atoms with Crippen LogP contribution in [0, 0.1) is 6.92 Å². The molecule has 2 rings (SSSR count). The van der Waals surface area contributed by atoms with Gasteiger partial charge in [0.05, 0.1) is 19.3 Å². The molecule has 1 aromatic heterocycles. The van der Waals surface area contributed by atoms with E-state index in [0.29, 0.717) is 0 Å². The zero-order chi connectivity index (χ0) is 13.1. The Hall–Kier alpha value is -1.97. The number of rotatable bonds is 4. The molecule has 1 N–H and O–H groups in total. The minimum atomic E-state index is 0.228. The number of hydrogen-bond acceptors (Lipinski definition) is 3. The SMILES string of the molecule is COc1ccc(NC(C)c2cnn(C)c2)c(C)c1. The Morgan fingerprint density at radius 2 is 2.17 bits per heavy atom. The highest BCUT2D eigenvalue weighted by Gasteiger charge is 2.09.